The van der Waals surface area contributed by atoms with Crippen molar-refractivity contribution in [2.45, 2.75) is 6.42 Å². The van der Waals surface area contributed by atoms with Gasteiger partial charge in [0.25, 0.3) is 5.91 Å². The van der Waals surface area contributed by atoms with Gasteiger partial charge in [-0.15, -0.1) is 0 Å². The van der Waals surface area contributed by atoms with Crippen molar-refractivity contribution in [3.8, 4) is 5.75 Å². The minimum atomic E-state index is -0.177. The number of amides is 1. The van der Waals surface area contributed by atoms with E-state index < -0.39 is 0 Å². The van der Waals surface area contributed by atoms with Gasteiger partial charge in [0.15, 0.2) is 0 Å². The highest BCUT2D eigenvalue weighted by molar-refractivity contribution is 6.04. The number of carbonyl (C=O) groups is 1. The van der Waals surface area contributed by atoms with Crippen LogP contribution >= 0.6 is 0 Å². The first-order valence-corrected chi connectivity index (χ1v) is 6.35. The van der Waals surface area contributed by atoms with E-state index in [0.29, 0.717) is 23.4 Å². The molecule has 0 heterocycles. The number of hydrogen-bond acceptors (Lipinski definition) is 2. The first-order valence-electron chi connectivity index (χ1n) is 6.35. The van der Waals surface area contributed by atoms with Crippen molar-refractivity contribution < 1.29 is 14.6 Å². The number of carbonyl (C=O) groups excluding carboxylic acids is 1. The Bertz CT molecular complexity index is 561. The molecule has 2 aromatic rings. The van der Waals surface area contributed by atoms with E-state index in [1.54, 1.807) is 43.5 Å². The van der Waals surface area contributed by atoms with Crippen LogP contribution in [0.3, 0.4) is 0 Å². The third-order valence-corrected chi connectivity index (χ3v) is 2.95. The van der Waals surface area contributed by atoms with Crippen LogP contribution in [0, 0.1) is 0 Å². The molecule has 0 spiro atoms. The van der Waals surface area contributed by atoms with E-state index in [4.69, 9.17) is 4.74 Å². The normalized spacial score (nSPS) is 10.1. The molecular formula is C16H16NO3. The second-order valence-corrected chi connectivity index (χ2v) is 4.33. The molecule has 2 aromatic carbocycles. The van der Waals surface area contributed by atoms with Gasteiger partial charge in [-0.3, -0.25) is 4.79 Å². The lowest BCUT2D eigenvalue weighted by Gasteiger charge is -2.07. The van der Waals surface area contributed by atoms with Crippen molar-refractivity contribution in [1.29, 1.82) is 0 Å². The average molecular weight is 270 g/mol. The van der Waals surface area contributed by atoms with Crippen LogP contribution in [0.1, 0.15) is 15.9 Å². The summed E-state index contributed by atoms with van der Waals surface area (Å²) in [6.07, 6.45) is 0.507. The maximum absolute atomic E-state index is 12.0. The lowest BCUT2D eigenvalue weighted by Crippen LogP contribution is -2.11. The monoisotopic (exact) mass is 270 g/mol. The number of rotatable bonds is 5. The third-order valence-electron chi connectivity index (χ3n) is 2.95. The molecular weight excluding hydrogens is 254 g/mol. The van der Waals surface area contributed by atoms with Crippen molar-refractivity contribution in [1.82, 2.24) is 0 Å². The molecule has 0 unspecified atom stereocenters. The van der Waals surface area contributed by atoms with Crippen LogP contribution in [-0.2, 0) is 11.5 Å². The third kappa shape index (κ3) is 3.59. The predicted molar refractivity (Wildman–Crippen MR) is 76.6 cm³/mol. The minimum Gasteiger partial charge on any atom is -0.497 e. The molecule has 0 bridgehead atoms. The van der Waals surface area contributed by atoms with Gasteiger partial charge in [0.05, 0.1) is 13.7 Å². The summed E-state index contributed by atoms with van der Waals surface area (Å²) >= 11 is 0. The summed E-state index contributed by atoms with van der Waals surface area (Å²) in [6, 6.07) is 14.2. The maximum Gasteiger partial charge on any atom is 0.255 e. The lowest BCUT2D eigenvalue weighted by atomic mass is 10.1. The Hall–Kier alpha value is -2.33. The van der Waals surface area contributed by atoms with Crippen molar-refractivity contribution in [2.75, 3.05) is 19.0 Å². The summed E-state index contributed by atoms with van der Waals surface area (Å²) in [5.74, 6) is 0.535. The van der Waals surface area contributed by atoms with Gasteiger partial charge in [-0.05, 0) is 48.4 Å². The van der Waals surface area contributed by atoms with Crippen LogP contribution in [0.5, 0.6) is 5.75 Å². The summed E-state index contributed by atoms with van der Waals surface area (Å²) in [5, 5.41) is 13.3. The van der Waals surface area contributed by atoms with Crippen molar-refractivity contribution in [2.24, 2.45) is 0 Å². The first kappa shape index (κ1) is 14.1. The molecule has 0 aliphatic carbocycles. The zero-order chi connectivity index (χ0) is 14.4. The smallest absolute Gasteiger partial charge is 0.255 e. The van der Waals surface area contributed by atoms with Crippen molar-refractivity contribution in [3.05, 3.63) is 59.7 Å². The topological polar surface area (TPSA) is 58.2 Å². The largest absolute Gasteiger partial charge is 0.497 e. The second-order valence-electron chi connectivity index (χ2n) is 4.33. The van der Waals surface area contributed by atoms with Gasteiger partial charge in [0.2, 0.25) is 0 Å². The van der Waals surface area contributed by atoms with E-state index in [0.717, 1.165) is 5.56 Å². The summed E-state index contributed by atoms with van der Waals surface area (Å²) < 4.78 is 5.05. The Morgan fingerprint density at radius 2 is 1.70 bits per heavy atom. The Kier molecular flexibility index (Phi) is 4.74. The molecule has 20 heavy (non-hydrogen) atoms. The zero-order valence-electron chi connectivity index (χ0n) is 11.3. The molecule has 0 saturated heterocycles. The van der Waals surface area contributed by atoms with E-state index in [2.05, 4.69) is 5.32 Å². The Balaban J connectivity index is 2.02. The molecule has 4 nitrogen and oxygen atoms in total. The molecule has 0 aromatic heterocycles. The number of benzene rings is 2. The van der Waals surface area contributed by atoms with E-state index in [9.17, 15) is 9.90 Å². The summed E-state index contributed by atoms with van der Waals surface area (Å²) in [4.78, 5) is 12.0. The fraction of sp³-hybridized carbons (Fsp3) is 0.188. The predicted octanol–water partition coefficient (Wildman–Crippen LogP) is 2.92. The maximum atomic E-state index is 12.0. The van der Waals surface area contributed by atoms with Crippen LogP contribution in [0.2, 0.25) is 0 Å². The number of hydrogen-bond donors (Lipinski definition) is 1. The molecule has 1 radical (unpaired) electrons. The van der Waals surface area contributed by atoms with Crippen LogP contribution in [0.25, 0.3) is 0 Å². The summed E-state index contributed by atoms with van der Waals surface area (Å²) in [5.41, 5.74) is 2.25. The second kappa shape index (κ2) is 6.73. The SMILES string of the molecule is COc1ccc(C(=O)Nc2ccc(CC[O])cc2)cc1. The zero-order valence-corrected chi connectivity index (χ0v) is 11.3. The molecule has 2 rings (SSSR count). The highest BCUT2D eigenvalue weighted by atomic mass is 16.5. The van der Waals surface area contributed by atoms with Crippen LogP contribution < -0.4 is 10.1 Å². The van der Waals surface area contributed by atoms with Gasteiger partial charge < -0.3 is 10.1 Å². The number of nitrogens with one attached hydrogen (secondary N) is 1. The highest BCUT2D eigenvalue weighted by Gasteiger charge is 2.06. The van der Waals surface area contributed by atoms with E-state index in [-0.39, 0.29) is 12.5 Å². The molecule has 1 N–H and O–H groups in total. The molecule has 0 saturated carbocycles. The van der Waals surface area contributed by atoms with E-state index in [1.807, 2.05) is 12.1 Å². The molecule has 0 aliphatic heterocycles. The summed E-state index contributed by atoms with van der Waals surface area (Å²) in [7, 11) is 1.58. The number of ether oxygens (including phenoxy) is 1. The minimum absolute atomic E-state index is 0.127. The van der Waals surface area contributed by atoms with Crippen molar-refractivity contribution in [3.63, 3.8) is 0 Å². The fourth-order valence-corrected chi connectivity index (χ4v) is 1.82. The van der Waals surface area contributed by atoms with Crippen LogP contribution in [-0.4, -0.2) is 19.6 Å². The van der Waals surface area contributed by atoms with Gasteiger partial charge in [-0.1, -0.05) is 12.1 Å². The van der Waals surface area contributed by atoms with Crippen molar-refractivity contribution >= 4 is 11.6 Å². The standard InChI is InChI=1S/C16H16NO3/c1-20-15-8-4-13(5-9-15)16(19)17-14-6-2-12(3-7-14)10-11-18/h2-9H,10-11H2,1H3,(H,17,19). The molecule has 0 fully saturated rings. The van der Waals surface area contributed by atoms with Gasteiger partial charge in [0, 0.05) is 11.3 Å². The Morgan fingerprint density at radius 1 is 1.05 bits per heavy atom. The molecule has 4 heteroatoms. The molecule has 1 amide bonds. The lowest BCUT2D eigenvalue weighted by molar-refractivity contribution is 0.102. The number of methoxy groups -OCH3 is 1. The first-order chi connectivity index (χ1) is 9.72. The van der Waals surface area contributed by atoms with Crippen LogP contribution in [0.15, 0.2) is 48.5 Å². The highest BCUT2D eigenvalue weighted by Crippen LogP contribution is 2.14. The van der Waals surface area contributed by atoms with E-state index >= 15 is 0 Å². The molecule has 0 aliphatic rings. The summed E-state index contributed by atoms with van der Waals surface area (Å²) in [6.45, 7) is -0.127. The quantitative estimate of drug-likeness (QED) is 0.908. The van der Waals surface area contributed by atoms with Crippen LogP contribution in [0.4, 0.5) is 5.69 Å². The van der Waals surface area contributed by atoms with E-state index in [1.165, 1.54) is 0 Å². The van der Waals surface area contributed by atoms with Gasteiger partial charge in [-0.25, -0.2) is 5.11 Å². The number of anilines is 1. The fourth-order valence-electron chi connectivity index (χ4n) is 1.82. The Labute approximate surface area is 118 Å². The average Bonchev–Trinajstić information content (AvgIpc) is 2.49. The van der Waals surface area contributed by atoms with Gasteiger partial charge in [0.1, 0.15) is 5.75 Å². The van der Waals surface area contributed by atoms with Gasteiger partial charge >= 0.3 is 0 Å². The molecule has 103 valence electrons. The van der Waals surface area contributed by atoms with Gasteiger partial charge in [-0.2, -0.15) is 0 Å². The molecule has 0 atom stereocenters. The Morgan fingerprint density at radius 3 is 2.25 bits per heavy atom.